The van der Waals surface area contributed by atoms with E-state index >= 15 is 0 Å². The molecular formula is C21H19NO5. The third kappa shape index (κ3) is 4.77. The average Bonchev–Trinajstić information content (AvgIpc) is 2.80. The molecular weight excluding hydrogens is 346 g/mol. The molecule has 1 N–H and O–H groups in total. The van der Waals surface area contributed by atoms with Crippen molar-refractivity contribution in [1.29, 1.82) is 0 Å². The van der Waals surface area contributed by atoms with E-state index in [4.69, 9.17) is 4.74 Å². The fraction of sp³-hybridized carbons (Fsp3) is 0.286. The van der Waals surface area contributed by atoms with Crippen molar-refractivity contribution in [2.75, 3.05) is 6.61 Å². The first-order chi connectivity index (χ1) is 13.0. The number of carbonyl (C=O) groups is 1. The second-order valence-electron chi connectivity index (χ2n) is 5.56. The van der Waals surface area contributed by atoms with Crippen LogP contribution in [0, 0.1) is 23.7 Å². The van der Waals surface area contributed by atoms with Crippen LogP contribution in [0.1, 0.15) is 37.2 Å². The molecule has 0 unspecified atom stereocenters. The molecule has 6 heteroatoms. The number of aromatic carboxylic acids is 1. The van der Waals surface area contributed by atoms with E-state index in [9.17, 15) is 19.5 Å². The quantitative estimate of drug-likeness (QED) is 0.627. The van der Waals surface area contributed by atoms with E-state index in [-0.39, 0.29) is 30.0 Å². The van der Waals surface area contributed by atoms with Crippen molar-refractivity contribution in [2.45, 2.75) is 33.2 Å². The van der Waals surface area contributed by atoms with Gasteiger partial charge in [0.25, 0.3) is 0 Å². The lowest BCUT2D eigenvalue weighted by Crippen LogP contribution is -2.17. The van der Waals surface area contributed by atoms with E-state index in [1.54, 1.807) is 13.8 Å². The summed E-state index contributed by atoms with van der Waals surface area (Å²) in [5, 5.41) is 9.66. The van der Waals surface area contributed by atoms with Crippen LogP contribution >= 0.6 is 0 Å². The number of pyridine rings is 1. The highest BCUT2D eigenvalue weighted by atomic mass is 16.5. The summed E-state index contributed by atoms with van der Waals surface area (Å²) in [7, 11) is 0. The monoisotopic (exact) mass is 365 g/mol. The number of ether oxygens (including phenoxy) is 1. The topological polar surface area (TPSA) is 85.6 Å². The molecule has 6 nitrogen and oxygen atoms in total. The lowest BCUT2D eigenvalue weighted by atomic mass is 10.2. The number of carboxylic acids is 1. The molecule has 0 saturated carbocycles. The fourth-order valence-electron chi connectivity index (χ4n) is 2.61. The summed E-state index contributed by atoms with van der Waals surface area (Å²) in [6, 6.07) is 5.15. The van der Waals surface area contributed by atoms with E-state index in [0.717, 1.165) is 6.07 Å². The van der Waals surface area contributed by atoms with Gasteiger partial charge in [0.1, 0.15) is 5.69 Å². The second-order valence-corrected chi connectivity index (χ2v) is 5.56. The molecule has 138 valence electrons. The van der Waals surface area contributed by atoms with E-state index in [1.807, 2.05) is 0 Å². The van der Waals surface area contributed by atoms with Gasteiger partial charge in [0, 0.05) is 30.8 Å². The number of aryl methyl sites for hydroxylation is 1. The highest BCUT2D eigenvalue weighted by molar-refractivity contribution is 5.90. The van der Waals surface area contributed by atoms with Gasteiger partial charge in [-0.25, -0.2) is 4.79 Å². The highest BCUT2D eigenvalue weighted by Crippen LogP contribution is 2.16. The van der Waals surface area contributed by atoms with Crippen LogP contribution in [0.15, 0.2) is 33.9 Å². The number of hydrogen-bond donors (Lipinski definition) is 1. The minimum absolute atomic E-state index is 0.0305. The summed E-state index contributed by atoms with van der Waals surface area (Å²) in [6.07, 6.45) is 0.867. The maximum atomic E-state index is 12.5. The van der Waals surface area contributed by atoms with Crippen LogP contribution in [0.5, 0.6) is 5.75 Å². The minimum atomic E-state index is -1.22. The number of nitrogens with zero attached hydrogens (tertiary/aromatic N) is 1. The SMILES string of the molecule is CC#CCCOc1cc2c(=O)cc(C(=O)O)n(CCC#CC)c2ccc1=O. The predicted octanol–water partition coefficient (Wildman–Crippen LogP) is 2.27. The number of rotatable bonds is 6. The standard InChI is InChI=1S/C21H19NO5/c1-3-5-7-11-22-16-9-10-18(23)20(27-12-8-6-4-2)13-15(16)19(24)14-17(22)21(25)26/h9-10,13-14H,7-8,11-12H2,1-2H3,(H,25,26). The summed E-state index contributed by atoms with van der Waals surface area (Å²) < 4.78 is 6.96. The van der Waals surface area contributed by atoms with Gasteiger partial charge in [0.15, 0.2) is 11.2 Å². The van der Waals surface area contributed by atoms with Crippen molar-refractivity contribution in [3.63, 3.8) is 0 Å². The van der Waals surface area contributed by atoms with Gasteiger partial charge in [0.05, 0.1) is 12.1 Å². The van der Waals surface area contributed by atoms with Crippen molar-refractivity contribution >= 4 is 16.9 Å². The summed E-state index contributed by atoms with van der Waals surface area (Å²) >= 11 is 0. The Balaban J connectivity index is 2.67. The Kier molecular flexibility index (Phi) is 6.79. The zero-order valence-electron chi connectivity index (χ0n) is 15.2. The molecule has 0 saturated heterocycles. The molecule has 0 aliphatic heterocycles. The summed E-state index contributed by atoms with van der Waals surface area (Å²) in [5.74, 6) is 10.00. The Morgan fingerprint density at radius 3 is 2.44 bits per heavy atom. The number of hydrogen-bond acceptors (Lipinski definition) is 4. The lowest BCUT2D eigenvalue weighted by Gasteiger charge is -2.12. The molecule has 0 radical (unpaired) electrons. The Morgan fingerprint density at radius 2 is 1.78 bits per heavy atom. The van der Waals surface area contributed by atoms with Gasteiger partial charge >= 0.3 is 5.97 Å². The fourth-order valence-corrected chi connectivity index (χ4v) is 2.61. The smallest absolute Gasteiger partial charge is 0.352 e. The Hall–Kier alpha value is -3.51. The second kappa shape index (κ2) is 9.26. The average molecular weight is 365 g/mol. The van der Waals surface area contributed by atoms with Crippen molar-refractivity contribution in [1.82, 2.24) is 4.57 Å². The summed E-state index contributed by atoms with van der Waals surface area (Å²) in [5.41, 5.74) is -0.691. The van der Waals surface area contributed by atoms with Gasteiger partial charge in [-0.1, -0.05) is 0 Å². The first kappa shape index (κ1) is 19.8. The molecule has 0 spiro atoms. The Labute approximate surface area is 156 Å². The molecule has 0 bridgehead atoms. The molecule has 0 aliphatic carbocycles. The van der Waals surface area contributed by atoms with Crippen molar-refractivity contribution < 1.29 is 14.6 Å². The first-order valence-electron chi connectivity index (χ1n) is 8.36. The molecule has 2 rings (SSSR count). The van der Waals surface area contributed by atoms with E-state index in [0.29, 0.717) is 18.4 Å². The zero-order valence-corrected chi connectivity index (χ0v) is 15.2. The lowest BCUT2D eigenvalue weighted by molar-refractivity contribution is 0.0684. The van der Waals surface area contributed by atoms with Gasteiger partial charge in [-0.2, -0.15) is 0 Å². The summed E-state index contributed by atoms with van der Waals surface area (Å²) in [4.78, 5) is 36.3. The van der Waals surface area contributed by atoms with Gasteiger partial charge in [-0.3, -0.25) is 9.59 Å². The van der Waals surface area contributed by atoms with E-state index < -0.39 is 16.8 Å². The number of carboxylic acid groups (broad SMARTS) is 1. The molecule has 0 atom stereocenters. The maximum Gasteiger partial charge on any atom is 0.352 e. The maximum absolute atomic E-state index is 12.5. The number of fused-ring (bicyclic) bond motifs is 1. The third-order valence-corrected chi connectivity index (χ3v) is 3.82. The molecule has 1 aromatic heterocycles. The van der Waals surface area contributed by atoms with Gasteiger partial charge in [-0.05, 0) is 32.0 Å². The van der Waals surface area contributed by atoms with Crippen LogP contribution in [0.25, 0.3) is 10.9 Å². The van der Waals surface area contributed by atoms with Crippen molar-refractivity contribution in [2.24, 2.45) is 0 Å². The molecule has 2 aromatic rings. The Bertz CT molecular complexity index is 1110. The van der Waals surface area contributed by atoms with Crippen LogP contribution in [0.4, 0.5) is 0 Å². The van der Waals surface area contributed by atoms with Crippen molar-refractivity contribution in [3.05, 3.63) is 50.4 Å². The van der Waals surface area contributed by atoms with E-state index in [2.05, 4.69) is 23.7 Å². The van der Waals surface area contributed by atoms with Crippen LogP contribution in [0.2, 0.25) is 0 Å². The molecule has 0 aliphatic rings. The van der Waals surface area contributed by atoms with Crippen LogP contribution in [-0.2, 0) is 6.54 Å². The first-order valence-corrected chi connectivity index (χ1v) is 8.36. The molecule has 0 fully saturated rings. The largest absolute Gasteiger partial charge is 0.488 e. The number of aromatic nitrogens is 1. The summed E-state index contributed by atoms with van der Waals surface area (Å²) in [6.45, 7) is 3.90. The third-order valence-electron chi connectivity index (χ3n) is 3.82. The molecule has 1 aromatic carbocycles. The predicted molar refractivity (Wildman–Crippen MR) is 103 cm³/mol. The van der Waals surface area contributed by atoms with Crippen molar-refractivity contribution in [3.8, 4) is 29.4 Å². The minimum Gasteiger partial charge on any atom is -0.488 e. The molecule has 1 heterocycles. The normalized spacial score (nSPS) is 9.70. The molecule has 27 heavy (non-hydrogen) atoms. The van der Waals surface area contributed by atoms with E-state index in [1.165, 1.54) is 22.8 Å². The zero-order chi connectivity index (χ0) is 19.8. The molecule has 0 amide bonds. The van der Waals surface area contributed by atoms with Crippen LogP contribution in [0.3, 0.4) is 0 Å². The van der Waals surface area contributed by atoms with Crippen LogP contribution < -0.4 is 15.6 Å². The Morgan fingerprint density at radius 1 is 1.07 bits per heavy atom. The highest BCUT2D eigenvalue weighted by Gasteiger charge is 2.15. The van der Waals surface area contributed by atoms with Crippen LogP contribution in [-0.4, -0.2) is 22.2 Å². The van der Waals surface area contributed by atoms with Gasteiger partial charge in [-0.15, -0.1) is 23.7 Å². The van der Waals surface area contributed by atoms with Gasteiger partial charge in [0.2, 0.25) is 5.43 Å². The van der Waals surface area contributed by atoms with Gasteiger partial charge < -0.3 is 14.4 Å².